The number of hydrogen-bond donors (Lipinski definition) is 2. The molecule has 0 aliphatic rings. The van der Waals surface area contributed by atoms with E-state index in [-0.39, 0.29) is 11.6 Å². The van der Waals surface area contributed by atoms with Gasteiger partial charge in [-0.1, -0.05) is 40.8 Å². The van der Waals surface area contributed by atoms with Gasteiger partial charge in [-0.15, -0.1) is 15.3 Å². The second kappa shape index (κ2) is 7.28. The third-order valence-electron chi connectivity index (χ3n) is 3.42. The maximum Gasteiger partial charge on any atom is 0.279 e. The predicted molar refractivity (Wildman–Crippen MR) is 90.9 cm³/mol. The summed E-state index contributed by atoms with van der Waals surface area (Å²) >= 11 is 1.35. The van der Waals surface area contributed by atoms with Crippen LogP contribution in [0.3, 0.4) is 0 Å². The average molecular weight is 343 g/mol. The van der Waals surface area contributed by atoms with Gasteiger partial charge in [0.2, 0.25) is 5.13 Å². The van der Waals surface area contributed by atoms with Gasteiger partial charge in [-0.2, -0.15) is 0 Å². The van der Waals surface area contributed by atoms with Crippen LogP contribution in [0, 0.1) is 6.92 Å². The molecule has 0 spiro atoms. The second-order valence-electron chi connectivity index (χ2n) is 5.21. The van der Waals surface area contributed by atoms with Crippen molar-refractivity contribution in [1.82, 2.24) is 25.2 Å². The molecule has 0 atom stereocenters. The van der Waals surface area contributed by atoms with Crippen LogP contribution in [0.15, 0.2) is 30.5 Å². The molecule has 0 aliphatic heterocycles. The van der Waals surface area contributed by atoms with Crippen molar-refractivity contribution in [3.05, 3.63) is 52.3 Å². The lowest BCUT2D eigenvalue weighted by Crippen LogP contribution is -2.12. The number of nitrogens with two attached hydrogens (primary N) is 1. The van der Waals surface area contributed by atoms with Gasteiger partial charge < -0.3 is 5.73 Å². The van der Waals surface area contributed by atoms with Crippen LogP contribution in [0.5, 0.6) is 0 Å². The highest BCUT2D eigenvalue weighted by Gasteiger charge is 2.14. The van der Waals surface area contributed by atoms with Gasteiger partial charge in [-0.3, -0.25) is 14.8 Å². The average Bonchev–Trinajstić information content (AvgIpc) is 3.20. The van der Waals surface area contributed by atoms with E-state index in [1.165, 1.54) is 27.1 Å². The van der Waals surface area contributed by atoms with Gasteiger partial charge >= 0.3 is 0 Å². The Balaban J connectivity index is 1.65. The number of rotatable bonds is 6. The summed E-state index contributed by atoms with van der Waals surface area (Å²) in [5.74, 6) is -0.364. The molecule has 2 heterocycles. The maximum atomic E-state index is 12.1. The lowest BCUT2D eigenvalue weighted by Gasteiger charge is -2.01. The molecule has 3 rings (SSSR count). The SMILES string of the molecule is Cc1ccccc1Cc1nnc(NC(=O)c2cn(CCN)nn2)s1. The van der Waals surface area contributed by atoms with Crippen molar-refractivity contribution in [2.24, 2.45) is 5.73 Å². The minimum absolute atomic E-state index is 0.221. The fourth-order valence-electron chi connectivity index (χ4n) is 2.15. The highest BCUT2D eigenvalue weighted by molar-refractivity contribution is 7.15. The van der Waals surface area contributed by atoms with Crippen LogP contribution in [-0.4, -0.2) is 37.6 Å². The van der Waals surface area contributed by atoms with Crippen LogP contribution in [0.1, 0.15) is 26.6 Å². The topological polar surface area (TPSA) is 112 Å². The molecule has 0 aliphatic carbocycles. The first-order valence-electron chi connectivity index (χ1n) is 7.44. The molecule has 9 heteroatoms. The van der Waals surface area contributed by atoms with E-state index in [9.17, 15) is 4.79 Å². The van der Waals surface area contributed by atoms with Crippen LogP contribution in [0.4, 0.5) is 5.13 Å². The van der Waals surface area contributed by atoms with Crippen molar-refractivity contribution >= 4 is 22.4 Å². The van der Waals surface area contributed by atoms with Crippen LogP contribution in [0.2, 0.25) is 0 Å². The zero-order valence-electron chi connectivity index (χ0n) is 13.1. The van der Waals surface area contributed by atoms with Crippen molar-refractivity contribution in [3.8, 4) is 0 Å². The molecule has 24 heavy (non-hydrogen) atoms. The van der Waals surface area contributed by atoms with Crippen molar-refractivity contribution in [3.63, 3.8) is 0 Å². The van der Waals surface area contributed by atoms with Crippen molar-refractivity contribution < 1.29 is 4.79 Å². The number of hydrogen-bond acceptors (Lipinski definition) is 7. The highest BCUT2D eigenvalue weighted by Crippen LogP contribution is 2.20. The number of aryl methyl sites for hydroxylation is 1. The molecule has 2 aromatic heterocycles. The first-order valence-corrected chi connectivity index (χ1v) is 8.26. The number of nitrogens with zero attached hydrogens (tertiary/aromatic N) is 5. The van der Waals surface area contributed by atoms with Gasteiger partial charge in [-0.25, -0.2) is 0 Å². The van der Waals surface area contributed by atoms with Gasteiger partial charge in [0.1, 0.15) is 5.01 Å². The maximum absolute atomic E-state index is 12.1. The Hall–Kier alpha value is -2.65. The zero-order valence-corrected chi connectivity index (χ0v) is 14.0. The summed E-state index contributed by atoms with van der Waals surface area (Å²) in [6.07, 6.45) is 2.24. The molecule has 1 aromatic carbocycles. The molecule has 3 aromatic rings. The quantitative estimate of drug-likeness (QED) is 0.696. The molecule has 0 bridgehead atoms. The first-order chi connectivity index (χ1) is 11.7. The van der Waals surface area contributed by atoms with E-state index >= 15 is 0 Å². The number of amides is 1. The van der Waals surface area contributed by atoms with Crippen LogP contribution >= 0.6 is 11.3 Å². The summed E-state index contributed by atoms with van der Waals surface area (Å²) in [5, 5.41) is 19.8. The fourth-order valence-corrected chi connectivity index (χ4v) is 2.91. The Morgan fingerprint density at radius 1 is 1.29 bits per heavy atom. The van der Waals surface area contributed by atoms with Crippen molar-refractivity contribution in [2.45, 2.75) is 19.9 Å². The largest absolute Gasteiger partial charge is 0.329 e. The molecule has 0 saturated carbocycles. The van der Waals surface area contributed by atoms with E-state index < -0.39 is 0 Å². The lowest BCUT2D eigenvalue weighted by atomic mass is 10.1. The number of carbonyl (C=O) groups excluding carboxylic acids is 1. The molecule has 124 valence electrons. The molecule has 0 fully saturated rings. The van der Waals surface area contributed by atoms with E-state index in [1.54, 1.807) is 6.20 Å². The number of anilines is 1. The molecular formula is C15H17N7OS. The third kappa shape index (κ3) is 3.81. The Kier molecular flexibility index (Phi) is 4.92. The van der Waals surface area contributed by atoms with Crippen LogP contribution in [0.25, 0.3) is 0 Å². The van der Waals surface area contributed by atoms with E-state index in [0.717, 1.165) is 5.01 Å². The summed E-state index contributed by atoms with van der Waals surface area (Å²) < 4.78 is 1.53. The Bertz CT molecular complexity index is 842. The Morgan fingerprint density at radius 3 is 2.92 bits per heavy atom. The van der Waals surface area contributed by atoms with Crippen LogP contribution < -0.4 is 11.1 Å². The van der Waals surface area contributed by atoms with Crippen LogP contribution in [-0.2, 0) is 13.0 Å². The van der Waals surface area contributed by atoms with E-state index in [1.807, 2.05) is 12.1 Å². The van der Waals surface area contributed by atoms with E-state index in [2.05, 4.69) is 44.9 Å². The standard InChI is InChI=1S/C15H17N7OS/c1-10-4-2-3-5-11(10)8-13-19-20-15(24-13)17-14(23)12-9-22(7-6-16)21-18-12/h2-5,9H,6-8,16H2,1H3,(H,17,20,23). The summed E-state index contributed by atoms with van der Waals surface area (Å²) in [5.41, 5.74) is 8.06. The summed E-state index contributed by atoms with van der Waals surface area (Å²) in [6, 6.07) is 8.12. The first kappa shape index (κ1) is 16.2. The summed E-state index contributed by atoms with van der Waals surface area (Å²) in [6.45, 7) is 3.01. The van der Waals surface area contributed by atoms with Gasteiger partial charge in [0.25, 0.3) is 5.91 Å². The molecule has 8 nitrogen and oxygen atoms in total. The number of aromatic nitrogens is 5. The van der Waals surface area contributed by atoms with Crippen molar-refractivity contribution in [1.29, 1.82) is 0 Å². The Labute approximate surface area is 142 Å². The molecule has 0 saturated heterocycles. The molecule has 0 unspecified atom stereocenters. The van der Waals surface area contributed by atoms with Gasteiger partial charge in [-0.05, 0) is 18.1 Å². The predicted octanol–water partition coefficient (Wildman–Crippen LogP) is 1.24. The molecular weight excluding hydrogens is 326 g/mol. The smallest absolute Gasteiger partial charge is 0.279 e. The number of benzene rings is 1. The van der Waals surface area contributed by atoms with Crippen molar-refractivity contribution in [2.75, 3.05) is 11.9 Å². The summed E-state index contributed by atoms with van der Waals surface area (Å²) in [4.78, 5) is 12.1. The highest BCUT2D eigenvalue weighted by atomic mass is 32.1. The number of carbonyl (C=O) groups is 1. The van der Waals surface area contributed by atoms with Gasteiger partial charge in [0.15, 0.2) is 5.69 Å². The molecule has 0 radical (unpaired) electrons. The lowest BCUT2D eigenvalue weighted by molar-refractivity contribution is 0.102. The minimum atomic E-state index is -0.364. The Morgan fingerprint density at radius 2 is 2.12 bits per heavy atom. The zero-order chi connectivity index (χ0) is 16.9. The summed E-state index contributed by atoms with van der Waals surface area (Å²) in [7, 11) is 0. The third-order valence-corrected chi connectivity index (χ3v) is 4.26. The number of nitrogens with one attached hydrogen (secondary N) is 1. The molecule has 3 N–H and O–H groups in total. The minimum Gasteiger partial charge on any atom is -0.329 e. The fraction of sp³-hybridized carbons (Fsp3) is 0.267. The van der Waals surface area contributed by atoms with E-state index in [4.69, 9.17) is 5.73 Å². The van der Waals surface area contributed by atoms with Gasteiger partial charge in [0, 0.05) is 13.0 Å². The second-order valence-corrected chi connectivity index (χ2v) is 6.28. The van der Waals surface area contributed by atoms with E-state index in [0.29, 0.717) is 24.6 Å². The normalized spacial score (nSPS) is 10.8. The molecule has 1 amide bonds. The van der Waals surface area contributed by atoms with Gasteiger partial charge in [0.05, 0.1) is 12.7 Å². The monoisotopic (exact) mass is 343 g/mol.